The van der Waals surface area contributed by atoms with Gasteiger partial charge in [0.15, 0.2) is 0 Å². The molecule has 0 spiro atoms. The van der Waals surface area contributed by atoms with Gasteiger partial charge < -0.3 is 19.6 Å². The van der Waals surface area contributed by atoms with E-state index in [9.17, 15) is 0 Å². The van der Waals surface area contributed by atoms with Crippen LogP contribution in [0.3, 0.4) is 0 Å². The van der Waals surface area contributed by atoms with Crippen molar-refractivity contribution in [3.05, 3.63) is 71.2 Å². The van der Waals surface area contributed by atoms with Gasteiger partial charge in [-0.3, -0.25) is 0 Å². The van der Waals surface area contributed by atoms with Crippen molar-refractivity contribution in [2.45, 2.75) is 83.0 Å². The highest BCUT2D eigenvalue weighted by Crippen LogP contribution is 2.55. The van der Waals surface area contributed by atoms with E-state index in [1.54, 1.807) is 0 Å². The zero-order valence-corrected chi connectivity index (χ0v) is 22.5. The van der Waals surface area contributed by atoms with Crippen LogP contribution in [0, 0.1) is 0 Å². The van der Waals surface area contributed by atoms with E-state index in [1.807, 2.05) is 6.20 Å². The molecule has 0 amide bonds. The molecule has 2 N–H and O–H groups in total. The quantitative estimate of drug-likeness (QED) is 0.346. The van der Waals surface area contributed by atoms with Gasteiger partial charge in [0.1, 0.15) is 5.82 Å². The van der Waals surface area contributed by atoms with E-state index < -0.39 is 0 Å². The van der Waals surface area contributed by atoms with Crippen molar-refractivity contribution in [1.82, 2.24) is 15.3 Å². The highest BCUT2D eigenvalue weighted by atomic mass is 16.7. The number of nitrogens with one attached hydrogen (secondary N) is 2. The highest BCUT2D eigenvalue weighted by Gasteiger charge is 2.53. The maximum Gasteiger partial charge on any atom is 0.495 e. The summed E-state index contributed by atoms with van der Waals surface area (Å²) in [6.07, 6.45) is 8.02. The van der Waals surface area contributed by atoms with Gasteiger partial charge in [-0.05, 0) is 99.0 Å². The van der Waals surface area contributed by atoms with Crippen LogP contribution in [0.4, 0.5) is 0 Å². The van der Waals surface area contributed by atoms with Crippen molar-refractivity contribution < 1.29 is 9.31 Å². The third-order valence-corrected chi connectivity index (χ3v) is 9.53. The van der Waals surface area contributed by atoms with E-state index in [-0.39, 0.29) is 24.4 Å². The maximum atomic E-state index is 6.50. The molecular formula is C31H36BN3O2. The Labute approximate surface area is 220 Å². The lowest BCUT2D eigenvalue weighted by atomic mass is 9.70. The highest BCUT2D eigenvalue weighted by molar-refractivity contribution is 6.62. The topological polar surface area (TPSA) is 59.2 Å². The number of nitrogens with zero attached hydrogens (tertiary/aromatic N) is 1. The fourth-order valence-electron chi connectivity index (χ4n) is 6.80. The molecule has 1 saturated carbocycles. The summed E-state index contributed by atoms with van der Waals surface area (Å²) in [6.45, 7) is 11.6. The molecule has 1 saturated heterocycles. The van der Waals surface area contributed by atoms with Crippen LogP contribution in [0.25, 0.3) is 22.4 Å². The van der Waals surface area contributed by atoms with Crippen LogP contribution >= 0.6 is 0 Å². The molecule has 3 heterocycles. The molecule has 2 bridgehead atoms. The monoisotopic (exact) mass is 493 g/mol. The maximum absolute atomic E-state index is 6.50. The molecule has 1 aromatic heterocycles. The first-order valence-electron chi connectivity index (χ1n) is 13.8. The Morgan fingerprint density at radius 3 is 2.24 bits per heavy atom. The molecule has 190 valence electrons. The minimum Gasteiger partial charge on any atom is -0.399 e. The number of aromatic amines is 1. The minimum absolute atomic E-state index is 0.175. The van der Waals surface area contributed by atoms with Crippen LogP contribution in [0.15, 0.2) is 54.2 Å². The summed E-state index contributed by atoms with van der Waals surface area (Å²) in [7, 11) is -0.294. The molecule has 37 heavy (non-hydrogen) atoms. The predicted octanol–water partition coefficient (Wildman–Crippen LogP) is 6.00. The number of aromatic nitrogens is 2. The van der Waals surface area contributed by atoms with Gasteiger partial charge in [-0.1, -0.05) is 48.0 Å². The summed E-state index contributed by atoms with van der Waals surface area (Å²) in [4.78, 5) is 8.16. The fraction of sp³-hybridized carbons (Fsp3) is 0.452. The summed E-state index contributed by atoms with van der Waals surface area (Å²) in [5, 5.41) is 3.48. The Balaban J connectivity index is 1.21. The number of hydrogen-bond donors (Lipinski definition) is 2. The third-order valence-electron chi connectivity index (χ3n) is 9.53. The van der Waals surface area contributed by atoms with Crippen molar-refractivity contribution in [1.29, 1.82) is 0 Å². The van der Waals surface area contributed by atoms with E-state index in [0.717, 1.165) is 23.6 Å². The smallest absolute Gasteiger partial charge is 0.399 e. The van der Waals surface area contributed by atoms with Crippen LogP contribution in [0.2, 0.25) is 0 Å². The zero-order valence-electron chi connectivity index (χ0n) is 22.5. The molecule has 4 aliphatic rings. The normalized spacial score (nSPS) is 27.1. The second-order valence-corrected chi connectivity index (χ2v) is 12.5. The first-order chi connectivity index (χ1) is 17.7. The van der Waals surface area contributed by atoms with Gasteiger partial charge in [0.05, 0.1) is 29.1 Å². The second-order valence-electron chi connectivity index (χ2n) is 12.5. The van der Waals surface area contributed by atoms with E-state index in [2.05, 4.69) is 92.4 Å². The molecule has 3 aromatic rings. The van der Waals surface area contributed by atoms with Gasteiger partial charge in [0.2, 0.25) is 0 Å². The second kappa shape index (κ2) is 8.16. The van der Waals surface area contributed by atoms with E-state index in [1.165, 1.54) is 52.6 Å². The molecule has 6 heteroatoms. The van der Waals surface area contributed by atoms with Gasteiger partial charge in [-0.15, -0.1) is 0 Å². The molecule has 2 aliphatic heterocycles. The molecule has 3 unspecified atom stereocenters. The fourth-order valence-corrected chi connectivity index (χ4v) is 6.80. The Morgan fingerprint density at radius 2 is 1.57 bits per heavy atom. The SMILES string of the molecule is CC1=CC(c2ncc(-c3ccc(-c4ccc(B5OC(C)(C)C(C)(C)O5)c5c4C4CCC5C4)cc3)[nH]2)NC1. The van der Waals surface area contributed by atoms with Crippen molar-refractivity contribution in [2.75, 3.05) is 6.54 Å². The van der Waals surface area contributed by atoms with Crippen molar-refractivity contribution >= 4 is 12.6 Å². The number of hydrogen-bond acceptors (Lipinski definition) is 4. The Kier molecular flexibility index (Phi) is 5.18. The summed E-state index contributed by atoms with van der Waals surface area (Å²) in [6, 6.07) is 13.7. The predicted molar refractivity (Wildman–Crippen MR) is 149 cm³/mol. The summed E-state index contributed by atoms with van der Waals surface area (Å²) in [5.74, 6) is 2.24. The van der Waals surface area contributed by atoms with Gasteiger partial charge in [-0.2, -0.15) is 0 Å². The Bertz CT molecular complexity index is 1390. The number of rotatable bonds is 4. The molecule has 0 radical (unpaired) electrons. The van der Waals surface area contributed by atoms with Gasteiger partial charge >= 0.3 is 7.12 Å². The number of fused-ring (bicyclic) bond motifs is 5. The van der Waals surface area contributed by atoms with E-state index >= 15 is 0 Å². The van der Waals surface area contributed by atoms with Crippen LogP contribution in [-0.4, -0.2) is 34.8 Å². The Hall–Kier alpha value is -2.67. The average Bonchev–Trinajstić information content (AvgIpc) is 3.68. The standard InChI is InChI=1S/C31H36BN3O2/c1-18-14-25(33-16-18)29-34-17-26(35-29)20-8-6-19(7-9-20)23-12-13-24(28-22-11-10-21(15-22)27(23)28)32-36-30(2,3)31(4,5)37-32/h6-9,12-14,17,21-22,25,33H,10-11,15-16H2,1-5H3,(H,34,35). The molecule has 2 aliphatic carbocycles. The number of imidazole rings is 1. The lowest BCUT2D eigenvalue weighted by molar-refractivity contribution is 0.00578. The number of benzene rings is 2. The third kappa shape index (κ3) is 3.68. The molecular weight excluding hydrogens is 457 g/mol. The number of H-pyrrole nitrogens is 1. The molecule has 3 atom stereocenters. The van der Waals surface area contributed by atoms with Gasteiger partial charge in [0.25, 0.3) is 0 Å². The van der Waals surface area contributed by atoms with Crippen LogP contribution in [0.1, 0.15) is 88.7 Å². The van der Waals surface area contributed by atoms with Gasteiger partial charge in [-0.25, -0.2) is 4.98 Å². The van der Waals surface area contributed by atoms with Crippen LogP contribution < -0.4 is 10.8 Å². The summed E-state index contributed by atoms with van der Waals surface area (Å²) in [5.41, 5.74) is 9.86. The van der Waals surface area contributed by atoms with E-state index in [0.29, 0.717) is 11.8 Å². The van der Waals surface area contributed by atoms with Crippen molar-refractivity contribution in [3.8, 4) is 22.4 Å². The molecule has 2 aromatic carbocycles. The van der Waals surface area contributed by atoms with Crippen LogP contribution in [0.5, 0.6) is 0 Å². The zero-order chi connectivity index (χ0) is 25.5. The molecule has 7 rings (SSSR count). The lowest BCUT2D eigenvalue weighted by Crippen LogP contribution is -2.41. The molecule has 2 fully saturated rings. The van der Waals surface area contributed by atoms with Gasteiger partial charge in [0, 0.05) is 6.54 Å². The lowest BCUT2D eigenvalue weighted by Gasteiger charge is -2.32. The van der Waals surface area contributed by atoms with Crippen molar-refractivity contribution in [3.63, 3.8) is 0 Å². The van der Waals surface area contributed by atoms with Crippen molar-refractivity contribution in [2.24, 2.45) is 0 Å². The first kappa shape index (κ1) is 23.5. The summed E-state index contributed by atoms with van der Waals surface area (Å²) < 4.78 is 13.0. The first-order valence-corrected chi connectivity index (χ1v) is 13.8. The largest absolute Gasteiger partial charge is 0.495 e. The Morgan fingerprint density at radius 1 is 0.892 bits per heavy atom. The molecule has 5 nitrogen and oxygen atoms in total. The minimum atomic E-state index is -0.327. The summed E-state index contributed by atoms with van der Waals surface area (Å²) >= 11 is 0. The average molecular weight is 493 g/mol. The van der Waals surface area contributed by atoms with E-state index in [4.69, 9.17) is 9.31 Å². The van der Waals surface area contributed by atoms with Crippen LogP contribution in [-0.2, 0) is 9.31 Å².